The molecule has 0 radical (unpaired) electrons. The number of carbonyl (C=O) groups excluding carboxylic acids is 2. The second-order valence-corrected chi connectivity index (χ2v) is 4.32. The predicted molar refractivity (Wildman–Crippen MR) is 65.7 cm³/mol. The van der Waals surface area contributed by atoms with Gasteiger partial charge in [-0.3, -0.25) is 4.79 Å². The van der Waals surface area contributed by atoms with Gasteiger partial charge < -0.3 is 5.32 Å². The lowest BCUT2D eigenvalue weighted by molar-refractivity contribution is -0.119. The summed E-state index contributed by atoms with van der Waals surface area (Å²) in [5.74, 6) is -0.00397. The van der Waals surface area contributed by atoms with Crippen molar-refractivity contribution in [2.75, 3.05) is 4.90 Å². The minimum atomic E-state index is -0.396. The fourth-order valence-electron chi connectivity index (χ4n) is 1.94. The van der Waals surface area contributed by atoms with Crippen LogP contribution in [0.1, 0.15) is 20.3 Å². The van der Waals surface area contributed by atoms with Gasteiger partial charge in [-0.05, 0) is 18.1 Å². The molecular weight excluding hydrogens is 216 g/mol. The highest BCUT2D eigenvalue weighted by Gasteiger charge is 2.41. The number of imide groups is 1. The van der Waals surface area contributed by atoms with Gasteiger partial charge in [-0.15, -0.1) is 0 Å². The first-order valence-electron chi connectivity index (χ1n) is 5.84. The van der Waals surface area contributed by atoms with E-state index >= 15 is 0 Å². The molecule has 1 N–H and O–H groups in total. The van der Waals surface area contributed by atoms with Crippen LogP contribution in [0.3, 0.4) is 0 Å². The fourth-order valence-corrected chi connectivity index (χ4v) is 1.94. The Kier molecular flexibility index (Phi) is 3.13. The first-order valence-corrected chi connectivity index (χ1v) is 5.84. The SMILES string of the molecule is CC[C@H](C)[C@@H]1NC(=O)N(c2ccccc2)C1=O. The average molecular weight is 232 g/mol. The molecule has 1 fully saturated rings. The van der Waals surface area contributed by atoms with Gasteiger partial charge in [-0.25, -0.2) is 9.69 Å². The highest BCUT2D eigenvalue weighted by Crippen LogP contribution is 2.22. The summed E-state index contributed by atoms with van der Waals surface area (Å²) in [4.78, 5) is 25.2. The molecule has 1 heterocycles. The summed E-state index contributed by atoms with van der Waals surface area (Å²) >= 11 is 0. The zero-order chi connectivity index (χ0) is 12.4. The third-order valence-electron chi connectivity index (χ3n) is 3.20. The second kappa shape index (κ2) is 4.57. The van der Waals surface area contributed by atoms with Crippen molar-refractivity contribution in [2.45, 2.75) is 26.3 Å². The van der Waals surface area contributed by atoms with Crippen molar-refractivity contribution in [1.29, 1.82) is 0 Å². The monoisotopic (exact) mass is 232 g/mol. The Hall–Kier alpha value is -1.84. The van der Waals surface area contributed by atoms with Crippen molar-refractivity contribution in [1.82, 2.24) is 5.32 Å². The zero-order valence-corrected chi connectivity index (χ0v) is 10.0. The Morgan fingerprint density at radius 1 is 1.29 bits per heavy atom. The molecule has 17 heavy (non-hydrogen) atoms. The van der Waals surface area contributed by atoms with E-state index in [2.05, 4.69) is 5.32 Å². The molecule has 4 heteroatoms. The van der Waals surface area contributed by atoms with Crippen molar-refractivity contribution < 1.29 is 9.59 Å². The van der Waals surface area contributed by atoms with Gasteiger partial charge in [0, 0.05) is 0 Å². The van der Waals surface area contributed by atoms with E-state index in [1.165, 1.54) is 4.90 Å². The first kappa shape index (κ1) is 11.6. The molecule has 3 amide bonds. The molecule has 0 aliphatic carbocycles. The van der Waals surface area contributed by atoms with Crippen LogP contribution in [0.25, 0.3) is 0 Å². The maximum atomic E-state index is 12.2. The molecule has 90 valence electrons. The highest BCUT2D eigenvalue weighted by atomic mass is 16.2. The molecule has 1 aromatic carbocycles. The maximum Gasteiger partial charge on any atom is 0.329 e. The largest absolute Gasteiger partial charge is 0.329 e. The summed E-state index contributed by atoms with van der Waals surface area (Å²) in [7, 11) is 0. The molecule has 1 aromatic rings. The van der Waals surface area contributed by atoms with Crippen molar-refractivity contribution in [3.8, 4) is 0 Å². The minimum absolute atomic E-state index is 0.153. The van der Waals surface area contributed by atoms with Crippen LogP contribution < -0.4 is 10.2 Å². The predicted octanol–water partition coefficient (Wildman–Crippen LogP) is 2.16. The van der Waals surface area contributed by atoms with E-state index in [9.17, 15) is 9.59 Å². The van der Waals surface area contributed by atoms with E-state index in [1.807, 2.05) is 32.0 Å². The van der Waals surface area contributed by atoms with E-state index in [1.54, 1.807) is 12.1 Å². The Labute approximate surface area is 101 Å². The van der Waals surface area contributed by atoms with E-state index in [0.29, 0.717) is 5.69 Å². The van der Waals surface area contributed by atoms with Crippen molar-refractivity contribution in [2.24, 2.45) is 5.92 Å². The first-order chi connectivity index (χ1) is 8.15. The van der Waals surface area contributed by atoms with Crippen molar-refractivity contribution in [3.63, 3.8) is 0 Å². The molecule has 0 aromatic heterocycles. The number of anilines is 1. The van der Waals surface area contributed by atoms with Gasteiger partial charge >= 0.3 is 6.03 Å². The Balaban J connectivity index is 2.26. The number of urea groups is 1. The maximum absolute atomic E-state index is 12.2. The highest BCUT2D eigenvalue weighted by molar-refractivity contribution is 6.21. The molecule has 0 unspecified atom stereocenters. The van der Waals surface area contributed by atoms with Crippen molar-refractivity contribution >= 4 is 17.6 Å². The van der Waals surface area contributed by atoms with Gasteiger partial charge in [-0.1, -0.05) is 38.5 Å². The van der Waals surface area contributed by atoms with E-state index in [4.69, 9.17) is 0 Å². The van der Waals surface area contributed by atoms with Gasteiger partial charge in [0.2, 0.25) is 0 Å². The number of hydrogen-bond acceptors (Lipinski definition) is 2. The minimum Gasteiger partial charge on any atom is -0.325 e. The van der Waals surface area contributed by atoms with Crippen LogP contribution in [0.4, 0.5) is 10.5 Å². The van der Waals surface area contributed by atoms with Gasteiger partial charge in [0.25, 0.3) is 5.91 Å². The van der Waals surface area contributed by atoms with Gasteiger partial charge in [0.1, 0.15) is 6.04 Å². The van der Waals surface area contributed by atoms with Crippen LogP contribution in [-0.4, -0.2) is 18.0 Å². The normalized spacial score (nSPS) is 21.5. The zero-order valence-electron chi connectivity index (χ0n) is 10.0. The number of nitrogens with zero attached hydrogens (tertiary/aromatic N) is 1. The van der Waals surface area contributed by atoms with E-state index in [0.717, 1.165) is 6.42 Å². The number of nitrogens with one attached hydrogen (secondary N) is 1. The number of rotatable bonds is 3. The molecule has 1 aliphatic rings. The molecule has 2 atom stereocenters. The number of carbonyl (C=O) groups is 2. The van der Waals surface area contributed by atoms with Crippen LogP contribution in [0.5, 0.6) is 0 Å². The van der Waals surface area contributed by atoms with Gasteiger partial charge in [0.05, 0.1) is 5.69 Å². The second-order valence-electron chi connectivity index (χ2n) is 4.32. The molecule has 0 spiro atoms. The number of hydrogen-bond donors (Lipinski definition) is 1. The summed E-state index contributed by atoms with van der Waals surface area (Å²) < 4.78 is 0. The lowest BCUT2D eigenvalue weighted by atomic mass is 9.99. The van der Waals surface area contributed by atoms with Crippen molar-refractivity contribution in [3.05, 3.63) is 30.3 Å². The summed E-state index contributed by atoms with van der Waals surface area (Å²) in [6.45, 7) is 3.98. The summed E-state index contributed by atoms with van der Waals surface area (Å²) in [5.41, 5.74) is 0.626. The number of benzene rings is 1. The third kappa shape index (κ3) is 2.02. The Morgan fingerprint density at radius 3 is 2.53 bits per heavy atom. The average Bonchev–Trinajstić information content (AvgIpc) is 2.65. The van der Waals surface area contributed by atoms with Crippen LogP contribution in [0, 0.1) is 5.92 Å². The standard InChI is InChI=1S/C13H16N2O2/c1-3-9(2)11-12(16)15(13(17)14-11)10-7-5-4-6-8-10/h4-9,11H,3H2,1-2H3,(H,14,17)/t9-,11-/m0/s1. The van der Waals surface area contributed by atoms with E-state index < -0.39 is 6.04 Å². The fraction of sp³-hybridized carbons (Fsp3) is 0.385. The van der Waals surface area contributed by atoms with Crippen LogP contribution in [0.15, 0.2) is 30.3 Å². The van der Waals surface area contributed by atoms with Crippen LogP contribution in [-0.2, 0) is 4.79 Å². The smallest absolute Gasteiger partial charge is 0.325 e. The van der Waals surface area contributed by atoms with Gasteiger partial charge in [-0.2, -0.15) is 0 Å². The van der Waals surface area contributed by atoms with E-state index in [-0.39, 0.29) is 17.9 Å². The van der Waals surface area contributed by atoms with Crippen LogP contribution >= 0.6 is 0 Å². The molecule has 0 bridgehead atoms. The Morgan fingerprint density at radius 2 is 1.94 bits per heavy atom. The Bertz CT molecular complexity index is 430. The lowest BCUT2D eigenvalue weighted by Gasteiger charge is -2.15. The topological polar surface area (TPSA) is 49.4 Å². The summed E-state index contributed by atoms with van der Waals surface area (Å²) in [5, 5.41) is 2.74. The quantitative estimate of drug-likeness (QED) is 0.812. The summed E-state index contributed by atoms with van der Waals surface area (Å²) in [6, 6.07) is 8.28. The molecule has 2 rings (SSSR count). The molecule has 4 nitrogen and oxygen atoms in total. The molecule has 1 saturated heterocycles. The summed E-state index contributed by atoms with van der Waals surface area (Å²) in [6.07, 6.45) is 0.860. The number of para-hydroxylation sites is 1. The molecule has 1 aliphatic heterocycles. The number of amides is 3. The molecule has 0 saturated carbocycles. The third-order valence-corrected chi connectivity index (χ3v) is 3.20. The molecular formula is C13H16N2O2. The lowest BCUT2D eigenvalue weighted by Crippen LogP contribution is -2.35. The van der Waals surface area contributed by atoms with Crippen LogP contribution in [0.2, 0.25) is 0 Å². The van der Waals surface area contributed by atoms with Gasteiger partial charge in [0.15, 0.2) is 0 Å².